The summed E-state index contributed by atoms with van der Waals surface area (Å²) in [6.45, 7) is 0. The van der Waals surface area contributed by atoms with Crippen molar-refractivity contribution >= 4 is 49.8 Å². The average Bonchev–Trinajstić information content (AvgIpc) is 3.65. The van der Waals surface area contributed by atoms with E-state index in [9.17, 15) is 0 Å². The number of hydrogen-bond acceptors (Lipinski definition) is 2. The van der Waals surface area contributed by atoms with Crippen molar-refractivity contribution in [1.29, 1.82) is 0 Å². The molecule has 0 aliphatic rings. The third kappa shape index (κ3) is 5.62. The number of anilines is 3. The minimum Gasteiger partial charge on any atom is -0.455 e. The molecule has 0 amide bonds. The Morgan fingerprint density at radius 1 is 0.333 bits per heavy atom. The summed E-state index contributed by atoms with van der Waals surface area (Å²) in [5.41, 5.74) is 14.3. The van der Waals surface area contributed by atoms with Crippen molar-refractivity contribution in [3.05, 3.63) is 212 Å². The first kappa shape index (κ1) is 31.6. The van der Waals surface area contributed by atoms with E-state index in [4.69, 9.17) is 4.42 Å². The number of benzene rings is 9. The maximum absolute atomic E-state index is 6.84. The average molecular weight is 690 g/mol. The van der Waals surface area contributed by atoms with Crippen molar-refractivity contribution < 1.29 is 4.42 Å². The first-order valence-electron chi connectivity index (χ1n) is 18.4. The standard InChI is InChI=1S/C52H35NO/c1-3-14-36(15-4-1)40-20-11-21-41(34-40)38-28-30-43(31-29-38)53(44-23-12-22-42(35-44)37-16-5-2-6-17-37)49-33-32-47(46-26-13-19-39-18-7-8-24-45(39)46)52-51(49)48-25-9-10-27-50(48)54-52/h1-35H. The van der Waals surface area contributed by atoms with Gasteiger partial charge in [0.1, 0.15) is 11.2 Å². The summed E-state index contributed by atoms with van der Waals surface area (Å²) in [7, 11) is 0. The molecule has 1 aromatic heterocycles. The third-order valence-electron chi connectivity index (χ3n) is 10.5. The van der Waals surface area contributed by atoms with Gasteiger partial charge in [0.15, 0.2) is 0 Å². The summed E-state index contributed by atoms with van der Waals surface area (Å²) >= 11 is 0. The molecule has 54 heavy (non-hydrogen) atoms. The molecule has 0 spiro atoms. The molecule has 0 unspecified atom stereocenters. The lowest BCUT2D eigenvalue weighted by Crippen LogP contribution is -2.10. The van der Waals surface area contributed by atoms with Crippen LogP contribution in [0.2, 0.25) is 0 Å². The van der Waals surface area contributed by atoms with Crippen LogP contribution in [0.5, 0.6) is 0 Å². The van der Waals surface area contributed by atoms with Gasteiger partial charge in [0, 0.05) is 22.3 Å². The van der Waals surface area contributed by atoms with Crippen LogP contribution < -0.4 is 4.90 Å². The van der Waals surface area contributed by atoms with Crippen molar-refractivity contribution in [1.82, 2.24) is 0 Å². The van der Waals surface area contributed by atoms with E-state index < -0.39 is 0 Å². The molecule has 0 N–H and O–H groups in total. The van der Waals surface area contributed by atoms with Crippen LogP contribution in [0.3, 0.4) is 0 Å². The molecule has 0 aliphatic heterocycles. The Hall–Kier alpha value is -7.16. The van der Waals surface area contributed by atoms with E-state index in [-0.39, 0.29) is 0 Å². The maximum atomic E-state index is 6.84. The molecule has 254 valence electrons. The van der Waals surface area contributed by atoms with E-state index in [0.29, 0.717) is 0 Å². The lowest BCUT2D eigenvalue weighted by Gasteiger charge is -2.27. The minimum atomic E-state index is 0.869. The van der Waals surface area contributed by atoms with Crippen LogP contribution in [0.15, 0.2) is 217 Å². The summed E-state index contributed by atoms with van der Waals surface area (Å²) in [6, 6.07) is 75.8. The topological polar surface area (TPSA) is 16.4 Å². The molecule has 0 saturated heterocycles. The molecule has 10 rings (SSSR count). The Morgan fingerprint density at radius 3 is 1.63 bits per heavy atom. The molecular weight excluding hydrogens is 655 g/mol. The van der Waals surface area contributed by atoms with Crippen molar-refractivity contribution in [2.45, 2.75) is 0 Å². The zero-order valence-corrected chi connectivity index (χ0v) is 29.6. The molecule has 0 saturated carbocycles. The Morgan fingerprint density at radius 2 is 0.889 bits per heavy atom. The fraction of sp³-hybridized carbons (Fsp3) is 0. The summed E-state index contributed by atoms with van der Waals surface area (Å²) in [6.07, 6.45) is 0. The number of para-hydroxylation sites is 1. The summed E-state index contributed by atoms with van der Waals surface area (Å²) in [4.78, 5) is 2.38. The smallest absolute Gasteiger partial charge is 0.145 e. The first-order valence-corrected chi connectivity index (χ1v) is 18.4. The van der Waals surface area contributed by atoms with Crippen molar-refractivity contribution in [2.24, 2.45) is 0 Å². The molecule has 2 heteroatoms. The Kier molecular flexibility index (Phi) is 7.85. The Balaban J connectivity index is 1.18. The highest BCUT2D eigenvalue weighted by Gasteiger charge is 2.23. The highest BCUT2D eigenvalue weighted by Crippen LogP contribution is 2.47. The molecule has 0 bridgehead atoms. The third-order valence-corrected chi connectivity index (χ3v) is 10.5. The van der Waals surface area contributed by atoms with Crippen LogP contribution in [0.4, 0.5) is 17.1 Å². The van der Waals surface area contributed by atoms with Crippen LogP contribution in [0.1, 0.15) is 0 Å². The maximum Gasteiger partial charge on any atom is 0.145 e. The first-order chi connectivity index (χ1) is 26.8. The fourth-order valence-electron chi connectivity index (χ4n) is 7.86. The van der Waals surface area contributed by atoms with Gasteiger partial charge in [-0.2, -0.15) is 0 Å². The predicted molar refractivity (Wildman–Crippen MR) is 228 cm³/mol. The molecule has 1 heterocycles. The van der Waals surface area contributed by atoms with E-state index >= 15 is 0 Å². The van der Waals surface area contributed by atoms with Crippen LogP contribution in [-0.4, -0.2) is 0 Å². The van der Waals surface area contributed by atoms with E-state index in [2.05, 4.69) is 217 Å². The molecule has 9 aromatic carbocycles. The Labute approximate surface area is 314 Å². The van der Waals surface area contributed by atoms with E-state index in [1.165, 1.54) is 38.6 Å². The number of furan rings is 1. The van der Waals surface area contributed by atoms with Crippen molar-refractivity contribution in [3.8, 4) is 44.5 Å². The van der Waals surface area contributed by atoms with Gasteiger partial charge in [0.05, 0.1) is 11.1 Å². The quantitative estimate of drug-likeness (QED) is 0.166. The highest BCUT2D eigenvalue weighted by atomic mass is 16.3. The van der Waals surface area contributed by atoms with E-state index in [1.807, 2.05) is 0 Å². The fourth-order valence-corrected chi connectivity index (χ4v) is 7.86. The zero-order chi connectivity index (χ0) is 35.8. The van der Waals surface area contributed by atoms with Crippen molar-refractivity contribution in [2.75, 3.05) is 4.90 Å². The second kappa shape index (κ2) is 13.4. The summed E-state index contributed by atoms with van der Waals surface area (Å²) < 4.78 is 6.84. The monoisotopic (exact) mass is 689 g/mol. The van der Waals surface area contributed by atoms with Crippen LogP contribution in [-0.2, 0) is 0 Å². The molecule has 2 nitrogen and oxygen atoms in total. The lowest BCUT2D eigenvalue weighted by atomic mass is 9.95. The molecular formula is C52H35NO. The van der Waals surface area contributed by atoms with E-state index in [0.717, 1.165) is 55.7 Å². The Bertz CT molecular complexity index is 2920. The molecule has 0 fully saturated rings. The molecule has 10 aromatic rings. The van der Waals surface area contributed by atoms with E-state index in [1.54, 1.807) is 0 Å². The normalized spacial score (nSPS) is 11.3. The summed E-state index contributed by atoms with van der Waals surface area (Å²) in [5, 5.41) is 4.58. The number of rotatable bonds is 7. The van der Waals surface area contributed by atoms with Crippen molar-refractivity contribution in [3.63, 3.8) is 0 Å². The van der Waals surface area contributed by atoms with Crippen LogP contribution >= 0.6 is 0 Å². The van der Waals surface area contributed by atoms with Gasteiger partial charge in [-0.3, -0.25) is 0 Å². The zero-order valence-electron chi connectivity index (χ0n) is 29.6. The van der Waals surface area contributed by atoms with Crippen LogP contribution in [0.25, 0.3) is 77.2 Å². The summed E-state index contributed by atoms with van der Waals surface area (Å²) in [5.74, 6) is 0. The molecule has 0 atom stereocenters. The molecule has 0 radical (unpaired) electrons. The van der Waals surface area contributed by atoms with Gasteiger partial charge in [0.25, 0.3) is 0 Å². The lowest BCUT2D eigenvalue weighted by molar-refractivity contribution is 0.670. The van der Waals surface area contributed by atoms with Gasteiger partial charge in [0.2, 0.25) is 0 Å². The number of nitrogens with zero attached hydrogens (tertiary/aromatic N) is 1. The van der Waals surface area contributed by atoms with Gasteiger partial charge >= 0.3 is 0 Å². The SMILES string of the molecule is c1ccc(-c2cccc(-c3ccc(N(c4cccc(-c5ccccc5)c4)c4ccc(-c5cccc6ccccc56)c5oc6ccccc6c45)cc3)c2)cc1. The van der Waals surface area contributed by atoms with Gasteiger partial charge in [-0.15, -0.1) is 0 Å². The number of fused-ring (bicyclic) bond motifs is 4. The van der Waals surface area contributed by atoms with Gasteiger partial charge in [-0.1, -0.05) is 164 Å². The molecule has 0 aliphatic carbocycles. The van der Waals surface area contributed by atoms with Gasteiger partial charge in [-0.25, -0.2) is 0 Å². The van der Waals surface area contributed by atoms with Gasteiger partial charge < -0.3 is 9.32 Å². The van der Waals surface area contributed by atoms with Gasteiger partial charge in [-0.05, 0) is 98.2 Å². The second-order valence-corrected chi connectivity index (χ2v) is 13.7. The predicted octanol–water partition coefficient (Wildman–Crippen LogP) is 14.9. The highest BCUT2D eigenvalue weighted by molar-refractivity contribution is 6.18. The van der Waals surface area contributed by atoms with Crippen LogP contribution in [0, 0.1) is 0 Å². The number of hydrogen-bond donors (Lipinski definition) is 0. The second-order valence-electron chi connectivity index (χ2n) is 13.7. The minimum absolute atomic E-state index is 0.869. The largest absolute Gasteiger partial charge is 0.455 e.